The molecule has 9 heteroatoms. The monoisotopic (exact) mass is 513 g/mol. The molecule has 3 N–H and O–H groups in total. The molecule has 0 aliphatic carbocycles. The van der Waals surface area contributed by atoms with Crippen LogP contribution in [0.4, 0.5) is 11.4 Å². The number of benzene rings is 2. The lowest BCUT2D eigenvalue weighted by Crippen LogP contribution is -2.11. The summed E-state index contributed by atoms with van der Waals surface area (Å²) in [4.78, 5) is 16.8. The van der Waals surface area contributed by atoms with E-state index in [1.54, 1.807) is 28.7 Å². The van der Waals surface area contributed by atoms with Crippen LogP contribution in [0.2, 0.25) is 0 Å². The Bertz CT molecular complexity index is 1610. The number of carbonyl (C=O) groups excluding carboxylic acids is 1. The van der Waals surface area contributed by atoms with E-state index in [4.69, 9.17) is 5.73 Å². The summed E-state index contributed by atoms with van der Waals surface area (Å²) in [5, 5.41) is 14.8. The Labute approximate surface area is 213 Å². The standard InChI is InChI=1S/C26H19N5OS3/c27-19-8-7-17(22-6-3-11-33-22)13-20(19)28-26(32)25-10-9-24(35-25)21-15-31(30-29-21)14-18-12-16-4-1-2-5-23(16)34-18/h1-13,15H,14,27H2,(H,28,32). The molecule has 6 nitrogen and oxygen atoms in total. The fraction of sp³-hybridized carbons (Fsp3) is 0.0385. The SMILES string of the molecule is Nc1ccc(-c2cccs2)cc1NC(=O)c1ccc(-c2cn(Cc3cc4ccccc4s3)nn2)s1. The number of nitrogens with one attached hydrogen (secondary N) is 1. The molecule has 6 rings (SSSR count). The third kappa shape index (κ3) is 4.49. The molecule has 0 radical (unpaired) electrons. The van der Waals surface area contributed by atoms with Crippen molar-refractivity contribution in [3.63, 3.8) is 0 Å². The summed E-state index contributed by atoms with van der Waals surface area (Å²) in [7, 11) is 0. The van der Waals surface area contributed by atoms with Gasteiger partial charge < -0.3 is 11.1 Å². The summed E-state index contributed by atoms with van der Waals surface area (Å²) < 4.78 is 3.09. The second-order valence-electron chi connectivity index (χ2n) is 7.95. The first-order valence-corrected chi connectivity index (χ1v) is 13.4. The quantitative estimate of drug-likeness (QED) is 0.239. The molecule has 6 aromatic rings. The Balaban J connectivity index is 1.17. The average molecular weight is 514 g/mol. The predicted octanol–water partition coefficient (Wildman–Crippen LogP) is 6.83. The van der Waals surface area contributed by atoms with E-state index in [0.29, 0.717) is 22.8 Å². The molecule has 0 unspecified atom stereocenters. The van der Waals surface area contributed by atoms with E-state index >= 15 is 0 Å². The first-order chi connectivity index (χ1) is 17.1. The number of nitrogens with two attached hydrogens (primary N) is 1. The normalized spacial score (nSPS) is 11.2. The van der Waals surface area contributed by atoms with Gasteiger partial charge in [0.1, 0.15) is 5.69 Å². The Morgan fingerprint density at radius 1 is 0.971 bits per heavy atom. The summed E-state index contributed by atoms with van der Waals surface area (Å²) in [6.45, 7) is 0.658. The molecule has 35 heavy (non-hydrogen) atoms. The van der Waals surface area contributed by atoms with Crippen LogP contribution >= 0.6 is 34.0 Å². The largest absolute Gasteiger partial charge is 0.397 e. The maximum absolute atomic E-state index is 12.9. The molecule has 0 fully saturated rings. The van der Waals surface area contributed by atoms with E-state index in [0.717, 1.165) is 21.0 Å². The van der Waals surface area contributed by atoms with E-state index in [2.05, 4.69) is 39.9 Å². The number of amides is 1. The molecule has 0 atom stereocenters. The molecule has 4 heterocycles. The number of nitrogens with zero attached hydrogens (tertiary/aromatic N) is 3. The number of fused-ring (bicyclic) bond motifs is 1. The molecule has 0 saturated carbocycles. The zero-order valence-electron chi connectivity index (χ0n) is 18.3. The zero-order chi connectivity index (χ0) is 23.8. The average Bonchev–Trinajstić information content (AvgIpc) is 3.66. The smallest absolute Gasteiger partial charge is 0.265 e. The van der Waals surface area contributed by atoms with E-state index in [9.17, 15) is 4.79 Å². The van der Waals surface area contributed by atoms with Crippen molar-refractivity contribution in [1.29, 1.82) is 0 Å². The zero-order valence-corrected chi connectivity index (χ0v) is 20.8. The number of hydrogen-bond acceptors (Lipinski definition) is 7. The number of nitrogen functional groups attached to an aromatic ring is 1. The summed E-state index contributed by atoms with van der Waals surface area (Å²) >= 11 is 4.78. The van der Waals surface area contributed by atoms with Gasteiger partial charge in [-0.15, -0.1) is 39.1 Å². The van der Waals surface area contributed by atoms with Gasteiger partial charge in [-0.2, -0.15) is 0 Å². The minimum absolute atomic E-state index is 0.200. The molecule has 0 bridgehead atoms. The lowest BCUT2D eigenvalue weighted by Gasteiger charge is -2.09. The van der Waals surface area contributed by atoms with Crippen molar-refractivity contribution in [3.8, 4) is 21.0 Å². The van der Waals surface area contributed by atoms with Gasteiger partial charge in [-0.25, -0.2) is 4.68 Å². The Hall–Kier alpha value is -3.79. The number of anilines is 2. The highest BCUT2D eigenvalue weighted by Gasteiger charge is 2.15. The fourth-order valence-corrected chi connectivity index (χ4v) is 6.44. The van der Waals surface area contributed by atoms with Gasteiger partial charge in [-0.3, -0.25) is 4.79 Å². The van der Waals surface area contributed by atoms with Crippen LogP contribution in [-0.2, 0) is 6.54 Å². The van der Waals surface area contributed by atoms with Gasteiger partial charge in [0.25, 0.3) is 5.91 Å². The number of carbonyl (C=O) groups is 1. The highest BCUT2D eigenvalue weighted by molar-refractivity contribution is 7.19. The van der Waals surface area contributed by atoms with Crippen molar-refractivity contribution in [2.75, 3.05) is 11.1 Å². The highest BCUT2D eigenvalue weighted by atomic mass is 32.1. The van der Waals surface area contributed by atoms with Gasteiger partial charge in [0.05, 0.1) is 33.9 Å². The van der Waals surface area contributed by atoms with Gasteiger partial charge in [-0.1, -0.05) is 35.5 Å². The highest BCUT2D eigenvalue weighted by Crippen LogP contribution is 2.32. The van der Waals surface area contributed by atoms with Crippen LogP contribution in [0.25, 0.3) is 31.1 Å². The molecule has 1 amide bonds. The molecule has 4 aromatic heterocycles. The lowest BCUT2D eigenvalue weighted by atomic mass is 10.1. The van der Waals surface area contributed by atoms with E-state index in [1.807, 2.05) is 58.7 Å². The van der Waals surface area contributed by atoms with Gasteiger partial charge >= 0.3 is 0 Å². The van der Waals surface area contributed by atoms with Crippen molar-refractivity contribution < 1.29 is 4.79 Å². The van der Waals surface area contributed by atoms with Crippen LogP contribution in [0, 0.1) is 0 Å². The van der Waals surface area contributed by atoms with Crippen LogP contribution in [0.15, 0.2) is 84.4 Å². The molecule has 2 aromatic carbocycles. The van der Waals surface area contributed by atoms with Crippen LogP contribution in [0.3, 0.4) is 0 Å². The van der Waals surface area contributed by atoms with E-state index in [-0.39, 0.29) is 5.91 Å². The van der Waals surface area contributed by atoms with Crippen molar-refractivity contribution in [2.24, 2.45) is 0 Å². The van der Waals surface area contributed by atoms with Crippen molar-refractivity contribution >= 4 is 61.4 Å². The number of aromatic nitrogens is 3. The van der Waals surface area contributed by atoms with Gasteiger partial charge in [-0.05, 0) is 58.8 Å². The fourth-order valence-electron chi connectivity index (χ4n) is 3.81. The summed E-state index contributed by atoms with van der Waals surface area (Å²) in [6.07, 6.45) is 1.92. The Morgan fingerprint density at radius 2 is 1.89 bits per heavy atom. The maximum Gasteiger partial charge on any atom is 0.265 e. The van der Waals surface area contributed by atoms with Crippen LogP contribution in [0.1, 0.15) is 14.5 Å². The third-order valence-electron chi connectivity index (χ3n) is 5.52. The Kier molecular flexibility index (Phi) is 5.65. The number of rotatable bonds is 6. The lowest BCUT2D eigenvalue weighted by molar-refractivity contribution is 0.103. The Morgan fingerprint density at radius 3 is 2.74 bits per heavy atom. The molecule has 0 saturated heterocycles. The van der Waals surface area contributed by atoms with Crippen LogP contribution in [-0.4, -0.2) is 20.9 Å². The first kappa shape index (κ1) is 21.7. The minimum atomic E-state index is -0.200. The minimum Gasteiger partial charge on any atom is -0.397 e. The second-order valence-corrected chi connectivity index (χ2v) is 11.1. The number of hydrogen-bond donors (Lipinski definition) is 2. The number of thiophene rings is 3. The predicted molar refractivity (Wildman–Crippen MR) is 146 cm³/mol. The molecule has 0 aliphatic heterocycles. The first-order valence-electron chi connectivity index (χ1n) is 10.8. The topological polar surface area (TPSA) is 85.8 Å². The van der Waals surface area contributed by atoms with E-state index < -0.39 is 0 Å². The van der Waals surface area contributed by atoms with Crippen molar-refractivity contribution in [3.05, 3.63) is 94.1 Å². The maximum atomic E-state index is 12.9. The second kappa shape index (κ2) is 9.10. The van der Waals surface area contributed by atoms with Crippen molar-refractivity contribution in [2.45, 2.75) is 6.54 Å². The molecular weight excluding hydrogens is 495 g/mol. The van der Waals surface area contributed by atoms with Gasteiger partial charge in [0, 0.05) is 14.5 Å². The molecular formula is C26H19N5OS3. The van der Waals surface area contributed by atoms with Crippen LogP contribution in [0.5, 0.6) is 0 Å². The van der Waals surface area contributed by atoms with Crippen molar-refractivity contribution in [1.82, 2.24) is 15.0 Å². The van der Waals surface area contributed by atoms with E-state index in [1.165, 1.54) is 26.3 Å². The summed E-state index contributed by atoms with van der Waals surface area (Å²) in [6, 6.07) is 24.0. The molecule has 0 spiro atoms. The third-order valence-corrected chi connectivity index (χ3v) is 8.65. The van der Waals surface area contributed by atoms with Gasteiger partial charge in [0.15, 0.2) is 0 Å². The summed E-state index contributed by atoms with van der Waals surface area (Å²) in [5.74, 6) is -0.200. The molecule has 0 aliphatic rings. The summed E-state index contributed by atoms with van der Waals surface area (Å²) in [5.41, 5.74) is 9.02. The molecule has 172 valence electrons. The van der Waals surface area contributed by atoms with Crippen LogP contribution < -0.4 is 11.1 Å². The van der Waals surface area contributed by atoms with Gasteiger partial charge in [0.2, 0.25) is 0 Å².